The molecule has 0 aliphatic carbocycles. The predicted octanol–water partition coefficient (Wildman–Crippen LogP) is 2.03. The van der Waals surface area contributed by atoms with Gasteiger partial charge in [0.2, 0.25) is 5.16 Å². The molecule has 0 unspecified atom stereocenters. The minimum absolute atomic E-state index is 0.259. The van der Waals surface area contributed by atoms with Gasteiger partial charge in [0, 0.05) is 0 Å². The third-order valence-corrected chi connectivity index (χ3v) is 3.83. The highest BCUT2D eigenvalue weighted by Gasteiger charge is 2.22. The lowest BCUT2D eigenvalue weighted by atomic mass is 10.1. The molecule has 0 saturated heterocycles. The van der Waals surface area contributed by atoms with Crippen molar-refractivity contribution in [1.82, 2.24) is 14.9 Å². The second-order valence-electron chi connectivity index (χ2n) is 3.93. The minimum atomic E-state index is 0.259. The smallest absolute Gasteiger partial charge is 0.212 e. The van der Waals surface area contributed by atoms with E-state index in [9.17, 15) is 0 Å². The van der Waals surface area contributed by atoms with Crippen molar-refractivity contribution in [2.45, 2.75) is 17.3 Å². The van der Waals surface area contributed by atoms with Gasteiger partial charge in [0.1, 0.15) is 12.1 Å². The summed E-state index contributed by atoms with van der Waals surface area (Å²) in [5.74, 6) is 0.848. The van der Waals surface area contributed by atoms with E-state index in [2.05, 4.69) is 22.2 Å². The molecule has 0 N–H and O–H groups in total. The fourth-order valence-electron chi connectivity index (χ4n) is 1.83. The molecule has 6 heteroatoms. The van der Waals surface area contributed by atoms with Crippen LogP contribution in [0.25, 0.3) is 0 Å². The minimum Gasteiger partial charge on any atom is -0.497 e. The van der Waals surface area contributed by atoms with E-state index in [1.165, 1.54) is 0 Å². The number of nitrogens with zero attached hydrogens (tertiary/aromatic N) is 4. The van der Waals surface area contributed by atoms with Crippen LogP contribution in [-0.2, 0) is 0 Å². The summed E-state index contributed by atoms with van der Waals surface area (Å²) in [7, 11) is 1.66. The molecule has 0 radical (unpaired) electrons. The average Bonchev–Trinajstić information content (AvgIpc) is 2.85. The molecule has 2 heterocycles. The Hall–Kier alpha value is -1.82. The Morgan fingerprint density at radius 1 is 1.28 bits per heavy atom. The van der Waals surface area contributed by atoms with Crippen LogP contribution in [0.5, 0.6) is 5.75 Å². The van der Waals surface area contributed by atoms with Crippen LogP contribution in [0.1, 0.15) is 12.5 Å². The monoisotopic (exact) mass is 260 g/mol. The van der Waals surface area contributed by atoms with Gasteiger partial charge in [-0.2, -0.15) is 9.78 Å². The van der Waals surface area contributed by atoms with E-state index in [0.29, 0.717) is 0 Å². The molecule has 92 valence electrons. The zero-order valence-corrected chi connectivity index (χ0v) is 10.9. The third kappa shape index (κ3) is 1.88. The van der Waals surface area contributed by atoms with Gasteiger partial charge < -0.3 is 4.74 Å². The number of aromatic nitrogens is 3. The molecule has 0 fully saturated rings. The molecule has 0 amide bonds. The Kier molecular flexibility index (Phi) is 2.79. The Labute approximate surface area is 109 Å². The van der Waals surface area contributed by atoms with E-state index in [1.54, 1.807) is 29.9 Å². The lowest BCUT2D eigenvalue weighted by molar-refractivity contribution is 0.415. The number of hydrogen-bond acceptors (Lipinski definition) is 5. The average molecular weight is 260 g/mol. The number of fused-ring (bicyclic) bond motifs is 1. The Morgan fingerprint density at radius 2 is 2.06 bits per heavy atom. The first-order chi connectivity index (χ1) is 8.78. The highest BCUT2D eigenvalue weighted by Crippen LogP contribution is 2.29. The number of hydrogen-bond donors (Lipinski definition) is 0. The number of methoxy groups -OCH3 is 1. The first-order valence-electron chi connectivity index (χ1n) is 5.58. The fraction of sp³-hybridized carbons (Fsp3) is 0.250. The molecule has 1 aromatic heterocycles. The lowest BCUT2D eigenvalue weighted by Crippen LogP contribution is -2.21. The van der Waals surface area contributed by atoms with E-state index >= 15 is 0 Å². The molecule has 1 aromatic carbocycles. The van der Waals surface area contributed by atoms with E-state index in [-0.39, 0.29) is 5.25 Å². The topological polar surface area (TPSA) is 52.3 Å². The summed E-state index contributed by atoms with van der Waals surface area (Å²) in [5.41, 5.74) is 2.12. The van der Waals surface area contributed by atoms with E-state index in [0.717, 1.165) is 22.2 Å². The summed E-state index contributed by atoms with van der Waals surface area (Å²) in [4.78, 5) is 0. The van der Waals surface area contributed by atoms with Gasteiger partial charge in [0.25, 0.3) is 0 Å². The van der Waals surface area contributed by atoms with Gasteiger partial charge in [-0.15, -0.1) is 10.2 Å². The zero-order valence-electron chi connectivity index (χ0n) is 10.1. The summed E-state index contributed by atoms with van der Waals surface area (Å²) < 4.78 is 6.87. The first kappa shape index (κ1) is 11.3. The van der Waals surface area contributed by atoms with Crippen LogP contribution in [0.15, 0.2) is 40.9 Å². The SMILES string of the molecule is COc1ccc(C2=Nn3cnnc3S[C@@H]2C)cc1. The zero-order chi connectivity index (χ0) is 12.5. The van der Waals surface area contributed by atoms with E-state index in [1.807, 2.05) is 24.3 Å². The maximum Gasteiger partial charge on any atom is 0.212 e. The highest BCUT2D eigenvalue weighted by atomic mass is 32.2. The van der Waals surface area contributed by atoms with Crippen LogP contribution in [0.4, 0.5) is 0 Å². The first-order valence-corrected chi connectivity index (χ1v) is 6.46. The Bertz CT molecular complexity index is 590. The molecule has 1 atom stereocenters. The lowest BCUT2D eigenvalue weighted by Gasteiger charge is -2.18. The summed E-state index contributed by atoms with van der Waals surface area (Å²) >= 11 is 1.66. The summed E-state index contributed by atoms with van der Waals surface area (Å²) in [6.45, 7) is 2.12. The van der Waals surface area contributed by atoms with Crippen molar-refractivity contribution in [3.8, 4) is 5.75 Å². The van der Waals surface area contributed by atoms with Gasteiger partial charge in [0.15, 0.2) is 0 Å². The van der Waals surface area contributed by atoms with Crippen molar-refractivity contribution in [3.63, 3.8) is 0 Å². The standard InChI is InChI=1S/C12H12N4OS/c1-8-11(9-3-5-10(17-2)6-4-9)15-16-7-13-14-12(16)18-8/h3-8H,1-2H3/t8-/m1/s1. The van der Waals surface area contributed by atoms with Crippen LogP contribution in [0.3, 0.4) is 0 Å². The van der Waals surface area contributed by atoms with Crippen LogP contribution in [-0.4, -0.2) is 32.9 Å². The van der Waals surface area contributed by atoms with Crippen molar-refractivity contribution in [1.29, 1.82) is 0 Å². The van der Waals surface area contributed by atoms with Crippen molar-refractivity contribution in [2.75, 3.05) is 7.11 Å². The molecule has 5 nitrogen and oxygen atoms in total. The second kappa shape index (κ2) is 4.45. The molecule has 2 aromatic rings. The van der Waals surface area contributed by atoms with Gasteiger partial charge in [0.05, 0.1) is 18.1 Å². The molecule has 0 spiro atoms. The maximum atomic E-state index is 5.16. The largest absolute Gasteiger partial charge is 0.497 e. The van der Waals surface area contributed by atoms with Crippen molar-refractivity contribution in [2.24, 2.45) is 5.10 Å². The summed E-state index contributed by atoms with van der Waals surface area (Å²) in [6.07, 6.45) is 1.62. The van der Waals surface area contributed by atoms with Crippen molar-refractivity contribution in [3.05, 3.63) is 36.2 Å². The number of ether oxygens (including phenoxy) is 1. The summed E-state index contributed by atoms with van der Waals surface area (Å²) in [6, 6.07) is 7.92. The third-order valence-electron chi connectivity index (χ3n) is 2.77. The van der Waals surface area contributed by atoms with Gasteiger partial charge in [-0.3, -0.25) is 0 Å². The van der Waals surface area contributed by atoms with Crippen molar-refractivity contribution < 1.29 is 4.74 Å². The van der Waals surface area contributed by atoms with Gasteiger partial charge in [-0.25, -0.2) is 0 Å². The number of rotatable bonds is 2. The van der Waals surface area contributed by atoms with Crippen molar-refractivity contribution >= 4 is 17.5 Å². The summed E-state index contributed by atoms with van der Waals surface area (Å²) in [5, 5.41) is 13.5. The molecule has 1 aliphatic heterocycles. The normalized spacial score (nSPS) is 18.1. The van der Waals surface area contributed by atoms with Crippen LogP contribution in [0, 0.1) is 0 Å². The molecule has 18 heavy (non-hydrogen) atoms. The quantitative estimate of drug-likeness (QED) is 0.829. The van der Waals surface area contributed by atoms with Gasteiger partial charge in [-0.05, 0) is 36.8 Å². The Balaban J connectivity index is 2.00. The molecule has 0 bridgehead atoms. The van der Waals surface area contributed by atoms with Crippen LogP contribution >= 0.6 is 11.8 Å². The van der Waals surface area contributed by atoms with E-state index in [4.69, 9.17) is 4.74 Å². The number of benzene rings is 1. The van der Waals surface area contributed by atoms with Gasteiger partial charge in [-0.1, -0.05) is 11.8 Å². The van der Waals surface area contributed by atoms with Crippen LogP contribution < -0.4 is 4.74 Å². The second-order valence-corrected chi connectivity index (χ2v) is 5.24. The molecule has 3 rings (SSSR count). The Morgan fingerprint density at radius 3 is 2.78 bits per heavy atom. The number of thioether (sulfide) groups is 1. The van der Waals surface area contributed by atoms with E-state index < -0.39 is 0 Å². The predicted molar refractivity (Wildman–Crippen MR) is 70.3 cm³/mol. The van der Waals surface area contributed by atoms with Crippen LogP contribution in [0.2, 0.25) is 0 Å². The molecular weight excluding hydrogens is 248 g/mol. The maximum absolute atomic E-state index is 5.16. The van der Waals surface area contributed by atoms with Gasteiger partial charge >= 0.3 is 0 Å². The molecular formula is C12H12N4OS. The fourth-order valence-corrected chi connectivity index (χ4v) is 2.73. The highest BCUT2D eigenvalue weighted by molar-refractivity contribution is 8.00. The molecule has 0 saturated carbocycles. The molecule has 1 aliphatic rings.